The molecule has 0 unspecified atom stereocenters. The zero-order valence-electron chi connectivity index (χ0n) is 16.1. The topological polar surface area (TPSA) is 63.7 Å². The van der Waals surface area contributed by atoms with Crippen molar-refractivity contribution in [3.63, 3.8) is 0 Å². The van der Waals surface area contributed by atoms with E-state index >= 15 is 0 Å². The fourth-order valence-corrected chi connectivity index (χ4v) is 5.25. The van der Waals surface area contributed by atoms with Gasteiger partial charge in [0.25, 0.3) is 10.0 Å². The summed E-state index contributed by atoms with van der Waals surface area (Å²) in [5.41, 5.74) is 2.80. The van der Waals surface area contributed by atoms with Gasteiger partial charge >= 0.3 is 5.97 Å². The van der Waals surface area contributed by atoms with Gasteiger partial charge in [0, 0.05) is 11.6 Å². The van der Waals surface area contributed by atoms with E-state index in [2.05, 4.69) is 0 Å². The molecule has 0 aliphatic carbocycles. The second kappa shape index (κ2) is 8.50. The summed E-state index contributed by atoms with van der Waals surface area (Å²) in [6.45, 7) is 0.521. The van der Waals surface area contributed by atoms with Gasteiger partial charge in [0.15, 0.2) is 0 Å². The Bertz CT molecular complexity index is 1180. The highest BCUT2D eigenvalue weighted by Gasteiger charge is 2.29. The maximum Gasteiger partial charge on any atom is 0.338 e. The van der Waals surface area contributed by atoms with Crippen LogP contribution in [0.5, 0.6) is 0 Å². The number of halogens is 1. The Labute approximate surface area is 180 Å². The molecule has 0 bridgehead atoms. The molecule has 4 rings (SSSR count). The average molecular weight is 442 g/mol. The summed E-state index contributed by atoms with van der Waals surface area (Å²) in [6.07, 6.45) is 1.63. The van der Waals surface area contributed by atoms with Crippen molar-refractivity contribution in [1.82, 2.24) is 0 Å². The van der Waals surface area contributed by atoms with E-state index in [1.807, 2.05) is 30.3 Å². The highest BCUT2D eigenvalue weighted by Crippen LogP contribution is 2.31. The molecule has 0 saturated heterocycles. The Hall–Kier alpha value is -2.83. The van der Waals surface area contributed by atoms with Crippen molar-refractivity contribution in [2.24, 2.45) is 0 Å². The van der Waals surface area contributed by atoms with Crippen molar-refractivity contribution >= 4 is 33.3 Å². The van der Waals surface area contributed by atoms with Crippen LogP contribution in [0.15, 0.2) is 77.7 Å². The van der Waals surface area contributed by atoms with Crippen LogP contribution in [0.3, 0.4) is 0 Å². The number of anilines is 1. The van der Waals surface area contributed by atoms with Gasteiger partial charge in [-0.1, -0.05) is 41.9 Å². The van der Waals surface area contributed by atoms with Crippen LogP contribution in [0.25, 0.3) is 0 Å². The number of para-hydroxylation sites is 1. The molecule has 30 heavy (non-hydrogen) atoms. The fraction of sp³-hybridized carbons (Fsp3) is 0.174. The minimum Gasteiger partial charge on any atom is -0.457 e. The second-order valence-electron chi connectivity index (χ2n) is 7.04. The lowest BCUT2D eigenvalue weighted by molar-refractivity contribution is 0.0472. The van der Waals surface area contributed by atoms with Crippen molar-refractivity contribution < 1.29 is 17.9 Å². The monoisotopic (exact) mass is 441 g/mol. The molecule has 0 fully saturated rings. The molecule has 0 N–H and O–H groups in total. The van der Waals surface area contributed by atoms with Crippen LogP contribution in [0.2, 0.25) is 5.02 Å². The van der Waals surface area contributed by atoms with E-state index in [1.165, 1.54) is 28.6 Å². The average Bonchev–Trinajstić information content (AvgIpc) is 2.77. The first-order valence-corrected chi connectivity index (χ1v) is 11.4. The molecule has 1 aliphatic rings. The number of nitrogens with zero attached hydrogens (tertiary/aromatic N) is 1. The lowest BCUT2D eigenvalue weighted by Gasteiger charge is -2.30. The first kappa shape index (κ1) is 20.4. The van der Waals surface area contributed by atoms with Crippen molar-refractivity contribution in [2.45, 2.75) is 24.3 Å². The fourth-order valence-electron chi connectivity index (χ4n) is 3.50. The highest BCUT2D eigenvalue weighted by molar-refractivity contribution is 7.92. The molecule has 3 aromatic carbocycles. The molecule has 0 saturated carbocycles. The van der Waals surface area contributed by atoms with Crippen LogP contribution >= 0.6 is 11.6 Å². The summed E-state index contributed by atoms with van der Waals surface area (Å²) in [4.78, 5) is 12.5. The zero-order chi connectivity index (χ0) is 21.1. The smallest absolute Gasteiger partial charge is 0.338 e. The molecule has 0 spiro atoms. The van der Waals surface area contributed by atoms with Gasteiger partial charge in [-0.25, -0.2) is 13.2 Å². The number of fused-ring (bicyclic) bond motifs is 1. The Kier molecular flexibility index (Phi) is 5.79. The van der Waals surface area contributed by atoms with E-state index in [-0.39, 0.29) is 17.1 Å². The number of aryl methyl sites for hydroxylation is 1. The summed E-state index contributed by atoms with van der Waals surface area (Å²) < 4.78 is 33.1. The van der Waals surface area contributed by atoms with Gasteiger partial charge in [-0.2, -0.15) is 0 Å². The van der Waals surface area contributed by atoms with Gasteiger partial charge in [0.05, 0.1) is 16.1 Å². The lowest BCUT2D eigenvalue weighted by atomic mass is 10.0. The van der Waals surface area contributed by atoms with Crippen LogP contribution in [0.1, 0.15) is 27.9 Å². The highest BCUT2D eigenvalue weighted by atomic mass is 35.5. The SMILES string of the molecule is O=C(OCc1cccc(Cl)c1)c1ccc(S(=O)(=O)N2CCCc3ccccc32)cc1. The minimum atomic E-state index is -3.71. The summed E-state index contributed by atoms with van der Waals surface area (Å²) in [5.74, 6) is -0.526. The lowest BCUT2D eigenvalue weighted by Crippen LogP contribution is -2.35. The van der Waals surface area contributed by atoms with Crippen molar-refractivity contribution in [3.05, 3.63) is 94.5 Å². The molecule has 0 radical (unpaired) electrons. The zero-order valence-corrected chi connectivity index (χ0v) is 17.7. The van der Waals surface area contributed by atoms with Gasteiger partial charge < -0.3 is 4.74 Å². The molecule has 0 atom stereocenters. The van der Waals surface area contributed by atoms with Crippen molar-refractivity contribution in [3.8, 4) is 0 Å². The van der Waals surface area contributed by atoms with Crippen LogP contribution in [0.4, 0.5) is 5.69 Å². The quantitative estimate of drug-likeness (QED) is 0.531. The number of sulfonamides is 1. The molecule has 1 heterocycles. The first-order chi connectivity index (χ1) is 14.4. The van der Waals surface area contributed by atoms with Crippen LogP contribution < -0.4 is 4.31 Å². The normalized spacial score (nSPS) is 13.6. The molecule has 154 valence electrons. The van der Waals surface area contributed by atoms with E-state index in [0.29, 0.717) is 17.3 Å². The predicted molar refractivity (Wildman–Crippen MR) is 116 cm³/mol. The molecule has 1 aliphatic heterocycles. The minimum absolute atomic E-state index is 0.0873. The summed E-state index contributed by atoms with van der Waals surface area (Å²) in [5, 5.41) is 0.567. The maximum atomic E-state index is 13.2. The largest absolute Gasteiger partial charge is 0.457 e. The number of carbonyl (C=O) groups is 1. The van der Waals surface area contributed by atoms with Crippen molar-refractivity contribution in [1.29, 1.82) is 0 Å². The van der Waals surface area contributed by atoms with E-state index in [0.717, 1.165) is 24.0 Å². The van der Waals surface area contributed by atoms with Crippen LogP contribution in [-0.4, -0.2) is 20.9 Å². The standard InChI is InChI=1S/C23H20ClNO4S/c24-20-8-3-5-17(15-20)16-29-23(26)19-10-12-21(13-11-19)30(27,28)25-14-4-7-18-6-1-2-9-22(18)25/h1-3,5-6,8-13,15H,4,7,14,16H2. The Morgan fingerprint density at radius 1 is 1.00 bits per heavy atom. The molecule has 0 amide bonds. The number of hydrogen-bond donors (Lipinski definition) is 0. The molecule has 5 nitrogen and oxygen atoms in total. The number of benzene rings is 3. The van der Waals surface area contributed by atoms with Crippen LogP contribution in [-0.2, 0) is 27.8 Å². The summed E-state index contributed by atoms with van der Waals surface area (Å²) >= 11 is 5.93. The first-order valence-electron chi connectivity index (χ1n) is 9.57. The molecule has 3 aromatic rings. The van der Waals surface area contributed by atoms with E-state index in [1.54, 1.807) is 18.2 Å². The van der Waals surface area contributed by atoms with Gasteiger partial charge in [-0.3, -0.25) is 4.31 Å². The second-order valence-corrected chi connectivity index (χ2v) is 9.34. The number of rotatable bonds is 5. The van der Waals surface area contributed by atoms with E-state index in [9.17, 15) is 13.2 Å². The molecule has 7 heteroatoms. The third-order valence-corrected chi connectivity index (χ3v) is 7.07. The predicted octanol–water partition coefficient (Wildman–Crippen LogP) is 4.84. The third kappa shape index (κ3) is 4.20. The maximum absolute atomic E-state index is 13.2. The van der Waals surface area contributed by atoms with E-state index in [4.69, 9.17) is 16.3 Å². The Balaban J connectivity index is 1.50. The third-order valence-electron chi connectivity index (χ3n) is 5.00. The van der Waals surface area contributed by atoms with Crippen LogP contribution in [0, 0.1) is 0 Å². The number of esters is 1. The van der Waals surface area contributed by atoms with Gasteiger partial charge in [0.1, 0.15) is 6.61 Å². The number of hydrogen-bond acceptors (Lipinski definition) is 4. The molecule has 0 aromatic heterocycles. The Morgan fingerprint density at radius 3 is 2.53 bits per heavy atom. The molecular weight excluding hydrogens is 422 g/mol. The van der Waals surface area contributed by atoms with Gasteiger partial charge in [-0.05, 0) is 66.4 Å². The number of carbonyl (C=O) groups excluding carboxylic acids is 1. The van der Waals surface area contributed by atoms with E-state index < -0.39 is 16.0 Å². The Morgan fingerprint density at radius 2 is 1.77 bits per heavy atom. The molecular formula is C23H20ClNO4S. The van der Waals surface area contributed by atoms with Gasteiger partial charge in [0.2, 0.25) is 0 Å². The van der Waals surface area contributed by atoms with Gasteiger partial charge in [-0.15, -0.1) is 0 Å². The summed E-state index contributed by atoms with van der Waals surface area (Å²) in [7, 11) is -3.71. The van der Waals surface area contributed by atoms with Crippen molar-refractivity contribution in [2.75, 3.05) is 10.8 Å². The summed E-state index contributed by atoms with van der Waals surface area (Å²) in [6, 6.07) is 20.4. The number of ether oxygens (including phenoxy) is 1.